The van der Waals surface area contributed by atoms with Crippen molar-refractivity contribution in [1.82, 2.24) is 4.90 Å². The zero-order valence-corrected chi connectivity index (χ0v) is 10.8. The van der Waals surface area contributed by atoms with Crippen molar-refractivity contribution in [2.24, 2.45) is 0 Å². The lowest BCUT2D eigenvalue weighted by molar-refractivity contribution is 0.162. The summed E-state index contributed by atoms with van der Waals surface area (Å²) >= 11 is 5.19. The van der Waals surface area contributed by atoms with E-state index in [0.29, 0.717) is 0 Å². The van der Waals surface area contributed by atoms with Gasteiger partial charge >= 0.3 is 0 Å². The quantitative estimate of drug-likeness (QED) is 0.666. The monoisotopic (exact) mass is 211 g/mol. The maximum absolute atomic E-state index is 5.19. The minimum absolute atomic E-state index is 0.792. The van der Waals surface area contributed by atoms with E-state index in [9.17, 15) is 0 Å². The molecule has 0 bridgehead atoms. The Morgan fingerprint density at radius 1 is 1.00 bits per heavy atom. The van der Waals surface area contributed by atoms with Crippen molar-refractivity contribution < 1.29 is 4.74 Å². The van der Waals surface area contributed by atoms with E-state index in [4.69, 9.17) is 16.3 Å². The molecule has 13 heavy (non-hydrogen) atoms. The van der Waals surface area contributed by atoms with E-state index in [1.165, 1.54) is 0 Å². The van der Waals surface area contributed by atoms with Crippen LogP contribution >= 0.6 is 11.6 Å². The molecule has 0 atom stereocenters. The van der Waals surface area contributed by atoms with Gasteiger partial charge in [0, 0.05) is 19.1 Å². The SMILES string of the molecule is CCCCl.CCOCC.CN(C)C. The van der Waals surface area contributed by atoms with Crippen molar-refractivity contribution in [3.8, 4) is 0 Å². The zero-order chi connectivity index (χ0) is 11.1. The lowest BCUT2D eigenvalue weighted by atomic mass is 10.6. The summed E-state index contributed by atoms with van der Waals surface area (Å²) in [5, 5.41) is 0. The maximum Gasteiger partial charge on any atom is 0.0437 e. The van der Waals surface area contributed by atoms with Crippen molar-refractivity contribution in [2.45, 2.75) is 27.2 Å². The Morgan fingerprint density at radius 3 is 1.23 bits per heavy atom. The van der Waals surface area contributed by atoms with Gasteiger partial charge in [0.15, 0.2) is 0 Å². The molecule has 0 rings (SSSR count). The molecule has 84 valence electrons. The number of halogens is 1. The third-order valence-corrected chi connectivity index (χ3v) is 0.975. The molecule has 0 aliphatic rings. The van der Waals surface area contributed by atoms with E-state index < -0.39 is 0 Å². The second kappa shape index (κ2) is 22.8. The van der Waals surface area contributed by atoms with Gasteiger partial charge in [-0.25, -0.2) is 0 Å². The van der Waals surface area contributed by atoms with E-state index >= 15 is 0 Å². The van der Waals surface area contributed by atoms with E-state index in [0.717, 1.165) is 25.5 Å². The lowest BCUT2D eigenvalue weighted by Gasteiger charge is -1.90. The highest BCUT2D eigenvalue weighted by molar-refractivity contribution is 6.17. The lowest BCUT2D eigenvalue weighted by Crippen LogP contribution is -1.99. The van der Waals surface area contributed by atoms with Gasteiger partial charge in [-0.15, -0.1) is 11.6 Å². The highest BCUT2D eigenvalue weighted by Gasteiger charge is 1.64. The van der Waals surface area contributed by atoms with E-state index in [2.05, 4.69) is 0 Å². The van der Waals surface area contributed by atoms with Gasteiger partial charge in [0.05, 0.1) is 0 Å². The standard InChI is InChI=1S/C4H10O.C3H7Cl.C3H9N/c1-3-5-4-2;1-2-3-4;1-4(2)3/h3-4H2,1-2H3;2-3H2,1H3;1-3H3. The molecule has 0 spiro atoms. The Balaban J connectivity index is -0.000000117. The molecular weight excluding hydrogens is 186 g/mol. The number of alkyl halides is 1. The zero-order valence-electron chi connectivity index (χ0n) is 10.1. The third kappa shape index (κ3) is 124. The summed E-state index contributed by atoms with van der Waals surface area (Å²) in [5.74, 6) is 0.792. The number of hydrogen-bond donors (Lipinski definition) is 0. The largest absolute Gasteiger partial charge is 0.382 e. The van der Waals surface area contributed by atoms with Crippen molar-refractivity contribution in [1.29, 1.82) is 0 Å². The number of hydrogen-bond acceptors (Lipinski definition) is 2. The van der Waals surface area contributed by atoms with Crippen LogP contribution in [0.2, 0.25) is 0 Å². The topological polar surface area (TPSA) is 12.5 Å². The van der Waals surface area contributed by atoms with Crippen molar-refractivity contribution in [2.75, 3.05) is 40.2 Å². The van der Waals surface area contributed by atoms with E-state index in [-0.39, 0.29) is 0 Å². The number of ether oxygens (including phenoxy) is 1. The molecule has 0 unspecified atom stereocenters. The molecule has 0 fully saturated rings. The molecule has 0 aliphatic heterocycles. The fraction of sp³-hybridized carbons (Fsp3) is 1.00. The molecule has 0 amide bonds. The van der Waals surface area contributed by atoms with Crippen LogP contribution in [0.3, 0.4) is 0 Å². The molecule has 0 radical (unpaired) electrons. The number of nitrogens with zero attached hydrogens (tertiary/aromatic N) is 1. The third-order valence-electron chi connectivity index (χ3n) is 0.597. The summed E-state index contributed by atoms with van der Waals surface area (Å²) in [6.45, 7) is 7.72. The van der Waals surface area contributed by atoms with Crippen LogP contribution in [0.25, 0.3) is 0 Å². The molecule has 0 aromatic carbocycles. The first-order valence-corrected chi connectivity index (χ1v) is 5.34. The second-order valence-corrected chi connectivity index (χ2v) is 3.19. The minimum Gasteiger partial charge on any atom is -0.382 e. The van der Waals surface area contributed by atoms with Gasteiger partial charge in [-0.05, 0) is 41.4 Å². The molecule has 0 aliphatic carbocycles. The summed E-state index contributed by atoms with van der Waals surface area (Å²) in [6.07, 6.45) is 1.08. The van der Waals surface area contributed by atoms with Gasteiger partial charge in [0.1, 0.15) is 0 Å². The summed E-state index contributed by atoms with van der Waals surface area (Å²) in [4.78, 5) is 2.00. The Bertz CT molecular complexity index is 54.1. The van der Waals surface area contributed by atoms with Crippen LogP contribution in [0.4, 0.5) is 0 Å². The Morgan fingerprint density at radius 2 is 1.23 bits per heavy atom. The van der Waals surface area contributed by atoms with Gasteiger partial charge < -0.3 is 9.64 Å². The minimum atomic E-state index is 0.792. The van der Waals surface area contributed by atoms with Gasteiger partial charge in [-0.2, -0.15) is 0 Å². The van der Waals surface area contributed by atoms with Gasteiger partial charge in [-0.3, -0.25) is 0 Å². The van der Waals surface area contributed by atoms with Crippen LogP contribution in [0.5, 0.6) is 0 Å². The average Bonchev–Trinajstić information content (AvgIpc) is 2.05. The van der Waals surface area contributed by atoms with Gasteiger partial charge in [-0.1, -0.05) is 6.92 Å². The molecule has 0 heterocycles. The highest BCUT2D eigenvalue weighted by atomic mass is 35.5. The number of rotatable bonds is 3. The molecule has 0 N–H and O–H groups in total. The smallest absolute Gasteiger partial charge is 0.0437 e. The summed E-state index contributed by atoms with van der Waals surface area (Å²) in [6, 6.07) is 0. The molecule has 0 saturated heterocycles. The molecule has 3 heteroatoms. The van der Waals surface area contributed by atoms with Gasteiger partial charge in [0.25, 0.3) is 0 Å². The molecule has 0 aromatic heterocycles. The molecule has 2 nitrogen and oxygen atoms in total. The maximum atomic E-state index is 5.19. The fourth-order valence-electron chi connectivity index (χ4n) is 0.204. The van der Waals surface area contributed by atoms with Crippen LogP contribution in [0.15, 0.2) is 0 Å². The van der Waals surface area contributed by atoms with Crippen molar-refractivity contribution >= 4 is 11.6 Å². The molecule has 0 aromatic rings. The first-order chi connectivity index (χ1) is 6.06. The first kappa shape index (κ1) is 18.9. The normalized spacial score (nSPS) is 8.31. The summed E-state index contributed by atoms with van der Waals surface area (Å²) < 4.78 is 4.83. The van der Waals surface area contributed by atoms with E-state index in [1.807, 2.05) is 46.8 Å². The predicted octanol–water partition coefficient (Wildman–Crippen LogP) is 2.86. The second-order valence-electron chi connectivity index (χ2n) is 2.81. The summed E-state index contributed by atoms with van der Waals surface area (Å²) in [5.41, 5.74) is 0. The predicted molar refractivity (Wildman–Crippen MR) is 62.8 cm³/mol. The van der Waals surface area contributed by atoms with E-state index in [1.54, 1.807) is 0 Å². The van der Waals surface area contributed by atoms with Crippen molar-refractivity contribution in [3.05, 3.63) is 0 Å². The highest BCUT2D eigenvalue weighted by Crippen LogP contribution is 1.75. The van der Waals surface area contributed by atoms with Crippen LogP contribution in [0.1, 0.15) is 27.2 Å². The Labute approximate surface area is 89.2 Å². The van der Waals surface area contributed by atoms with Crippen LogP contribution < -0.4 is 0 Å². The molecular formula is C10H26ClNO. The van der Waals surface area contributed by atoms with Crippen LogP contribution in [-0.2, 0) is 4.74 Å². The van der Waals surface area contributed by atoms with Crippen LogP contribution in [0, 0.1) is 0 Å². The molecule has 0 saturated carbocycles. The van der Waals surface area contributed by atoms with Gasteiger partial charge in [0.2, 0.25) is 0 Å². The first-order valence-electron chi connectivity index (χ1n) is 4.81. The average molecular weight is 212 g/mol. The van der Waals surface area contributed by atoms with Crippen molar-refractivity contribution in [3.63, 3.8) is 0 Å². The van der Waals surface area contributed by atoms with Crippen LogP contribution in [-0.4, -0.2) is 45.1 Å². The fourth-order valence-corrected chi connectivity index (χ4v) is 0.204. The Hall–Kier alpha value is 0.210. The Kier molecular flexibility index (Phi) is 33.1. The summed E-state index contributed by atoms with van der Waals surface area (Å²) in [7, 11) is 6.00.